The number of aryl methyl sites for hydroxylation is 1. The highest BCUT2D eigenvalue weighted by atomic mass is 19.1. The Hall–Kier alpha value is -2.47. The van der Waals surface area contributed by atoms with Crippen LogP contribution in [-0.2, 0) is 0 Å². The molecule has 0 saturated carbocycles. The number of carbonyl (C=O) groups excluding carboxylic acids is 1. The Morgan fingerprint density at radius 1 is 1.12 bits per heavy atom. The van der Waals surface area contributed by atoms with Crippen molar-refractivity contribution in [3.8, 4) is 0 Å². The molecule has 24 heavy (non-hydrogen) atoms. The normalized spacial score (nSPS) is 13.2. The van der Waals surface area contributed by atoms with Gasteiger partial charge in [0.1, 0.15) is 17.7 Å². The predicted octanol–water partition coefficient (Wildman–Crippen LogP) is 3.37. The van der Waals surface area contributed by atoms with E-state index < -0.39 is 29.3 Å². The van der Waals surface area contributed by atoms with Crippen LogP contribution >= 0.6 is 0 Å². The van der Waals surface area contributed by atoms with Crippen molar-refractivity contribution in [1.29, 1.82) is 0 Å². The summed E-state index contributed by atoms with van der Waals surface area (Å²) >= 11 is 0. The van der Waals surface area contributed by atoms with Gasteiger partial charge in [-0.1, -0.05) is 35.9 Å². The van der Waals surface area contributed by atoms with Crippen LogP contribution in [0.5, 0.6) is 0 Å². The third kappa shape index (κ3) is 4.52. The van der Waals surface area contributed by atoms with Crippen LogP contribution in [-0.4, -0.2) is 17.7 Å². The van der Waals surface area contributed by atoms with Crippen molar-refractivity contribution >= 4 is 6.03 Å². The summed E-state index contributed by atoms with van der Waals surface area (Å²) in [5.41, 5.74) is 1.59. The zero-order chi connectivity index (χ0) is 17.7. The van der Waals surface area contributed by atoms with Crippen LogP contribution in [0.3, 0.4) is 0 Å². The van der Waals surface area contributed by atoms with Gasteiger partial charge in [0.25, 0.3) is 0 Å². The standard InChI is InChI=1S/C18H20F2N2O2/c1-11-6-8-13(9-7-11)12(2)22-18(24)21-10-16(23)17-14(19)4-3-5-15(17)20/h3-9,12,16,23H,10H2,1-2H3,(H2,21,22,24). The van der Waals surface area contributed by atoms with Gasteiger partial charge in [0, 0.05) is 6.54 Å². The van der Waals surface area contributed by atoms with Crippen molar-refractivity contribution in [1.82, 2.24) is 10.6 Å². The number of hydrogen-bond donors (Lipinski definition) is 3. The third-order valence-electron chi connectivity index (χ3n) is 3.71. The fourth-order valence-corrected chi connectivity index (χ4v) is 2.31. The molecular weight excluding hydrogens is 314 g/mol. The molecule has 2 rings (SSSR count). The molecule has 0 aliphatic carbocycles. The summed E-state index contributed by atoms with van der Waals surface area (Å²) in [4.78, 5) is 11.9. The molecule has 2 aromatic rings. The van der Waals surface area contributed by atoms with E-state index in [1.165, 1.54) is 6.07 Å². The van der Waals surface area contributed by atoms with Crippen LogP contribution in [0.2, 0.25) is 0 Å². The molecule has 3 N–H and O–H groups in total. The fourth-order valence-electron chi connectivity index (χ4n) is 2.31. The average Bonchev–Trinajstić information content (AvgIpc) is 2.53. The van der Waals surface area contributed by atoms with E-state index in [-0.39, 0.29) is 12.6 Å². The molecule has 0 aromatic heterocycles. The van der Waals surface area contributed by atoms with E-state index in [9.17, 15) is 18.7 Å². The van der Waals surface area contributed by atoms with Crippen molar-refractivity contribution in [3.63, 3.8) is 0 Å². The Morgan fingerprint density at radius 3 is 2.29 bits per heavy atom. The highest BCUT2D eigenvalue weighted by molar-refractivity contribution is 5.74. The van der Waals surface area contributed by atoms with Gasteiger partial charge >= 0.3 is 6.03 Å². The molecule has 128 valence electrons. The van der Waals surface area contributed by atoms with E-state index in [4.69, 9.17) is 0 Å². The molecule has 0 saturated heterocycles. The lowest BCUT2D eigenvalue weighted by atomic mass is 10.1. The van der Waals surface area contributed by atoms with E-state index in [0.29, 0.717) is 0 Å². The Kier molecular flexibility index (Phi) is 5.87. The van der Waals surface area contributed by atoms with Gasteiger partial charge in [0.05, 0.1) is 11.6 Å². The fraction of sp³-hybridized carbons (Fsp3) is 0.278. The summed E-state index contributed by atoms with van der Waals surface area (Å²) in [7, 11) is 0. The third-order valence-corrected chi connectivity index (χ3v) is 3.71. The number of urea groups is 1. The molecule has 0 fully saturated rings. The van der Waals surface area contributed by atoms with Crippen molar-refractivity contribution in [3.05, 3.63) is 70.8 Å². The first-order valence-electron chi connectivity index (χ1n) is 7.61. The second kappa shape index (κ2) is 7.88. The first kappa shape index (κ1) is 17.9. The minimum absolute atomic E-state index is 0.243. The Balaban J connectivity index is 1.89. The van der Waals surface area contributed by atoms with Gasteiger partial charge in [-0.15, -0.1) is 0 Å². The number of nitrogens with one attached hydrogen (secondary N) is 2. The number of rotatable bonds is 5. The molecular formula is C18H20F2N2O2. The quantitative estimate of drug-likeness (QED) is 0.785. The first-order chi connectivity index (χ1) is 11.4. The van der Waals surface area contributed by atoms with Crippen molar-refractivity contribution in [2.45, 2.75) is 26.0 Å². The molecule has 0 aliphatic rings. The second-order valence-electron chi connectivity index (χ2n) is 5.64. The maximum Gasteiger partial charge on any atom is 0.315 e. The number of halogens is 2. The van der Waals surface area contributed by atoms with E-state index in [0.717, 1.165) is 23.3 Å². The molecule has 0 heterocycles. The van der Waals surface area contributed by atoms with Crippen LogP contribution in [0.15, 0.2) is 42.5 Å². The Bertz CT molecular complexity index is 684. The van der Waals surface area contributed by atoms with Crippen LogP contribution < -0.4 is 10.6 Å². The van der Waals surface area contributed by atoms with Crippen molar-refractivity contribution in [2.75, 3.05) is 6.54 Å². The molecule has 6 heteroatoms. The van der Waals surface area contributed by atoms with E-state index in [1.54, 1.807) is 0 Å². The van der Waals surface area contributed by atoms with Crippen molar-refractivity contribution < 1.29 is 18.7 Å². The van der Waals surface area contributed by atoms with Crippen LogP contribution in [0.25, 0.3) is 0 Å². The zero-order valence-corrected chi connectivity index (χ0v) is 13.5. The van der Waals surface area contributed by atoms with Crippen LogP contribution in [0.1, 0.15) is 35.8 Å². The summed E-state index contributed by atoms with van der Waals surface area (Å²) in [5.74, 6) is -1.70. The van der Waals surface area contributed by atoms with Gasteiger partial charge in [0.2, 0.25) is 0 Å². The van der Waals surface area contributed by atoms with Crippen LogP contribution in [0.4, 0.5) is 13.6 Å². The molecule has 0 bridgehead atoms. The van der Waals surface area contributed by atoms with Gasteiger partial charge in [0.15, 0.2) is 0 Å². The maximum absolute atomic E-state index is 13.6. The minimum atomic E-state index is -1.47. The Morgan fingerprint density at radius 2 is 1.71 bits per heavy atom. The van der Waals surface area contributed by atoms with Crippen molar-refractivity contribution in [2.24, 2.45) is 0 Å². The van der Waals surface area contributed by atoms with Gasteiger partial charge in [-0.25, -0.2) is 13.6 Å². The summed E-state index contributed by atoms with van der Waals surface area (Å²) < 4.78 is 27.1. The molecule has 0 spiro atoms. The van der Waals surface area contributed by atoms with Gasteiger partial charge < -0.3 is 15.7 Å². The smallest absolute Gasteiger partial charge is 0.315 e. The van der Waals surface area contributed by atoms with Crippen LogP contribution in [0, 0.1) is 18.6 Å². The lowest BCUT2D eigenvalue weighted by Gasteiger charge is -2.17. The lowest BCUT2D eigenvalue weighted by Crippen LogP contribution is -2.39. The number of aliphatic hydroxyl groups is 1. The Labute approximate surface area is 139 Å². The average molecular weight is 334 g/mol. The highest BCUT2D eigenvalue weighted by Crippen LogP contribution is 2.20. The van der Waals surface area contributed by atoms with Gasteiger partial charge in [-0.3, -0.25) is 0 Å². The summed E-state index contributed by atoms with van der Waals surface area (Å²) in [6, 6.07) is 10.2. The molecule has 0 radical (unpaired) electrons. The highest BCUT2D eigenvalue weighted by Gasteiger charge is 2.18. The monoisotopic (exact) mass is 334 g/mol. The SMILES string of the molecule is Cc1ccc(C(C)NC(=O)NCC(O)c2c(F)cccc2F)cc1. The van der Waals surface area contributed by atoms with E-state index >= 15 is 0 Å². The molecule has 4 nitrogen and oxygen atoms in total. The predicted molar refractivity (Wildman–Crippen MR) is 87.4 cm³/mol. The maximum atomic E-state index is 13.6. The number of carbonyl (C=O) groups is 1. The van der Waals surface area contributed by atoms with E-state index in [2.05, 4.69) is 10.6 Å². The summed E-state index contributed by atoms with van der Waals surface area (Å²) in [5, 5.41) is 15.0. The summed E-state index contributed by atoms with van der Waals surface area (Å²) in [6.07, 6.45) is -1.47. The lowest BCUT2D eigenvalue weighted by molar-refractivity contribution is 0.164. The van der Waals surface area contributed by atoms with Gasteiger partial charge in [-0.05, 0) is 31.5 Å². The zero-order valence-electron chi connectivity index (χ0n) is 13.5. The minimum Gasteiger partial charge on any atom is -0.386 e. The number of aliphatic hydroxyl groups excluding tert-OH is 1. The summed E-state index contributed by atoms with van der Waals surface area (Å²) in [6.45, 7) is 3.49. The molecule has 2 atom stereocenters. The number of amides is 2. The first-order valence-corrected chi connectivity index (χ1v) is 7.61. The molecule has 2 amide bonds. The molecule has 2 unspecified atom stereocenters. The van der Waals surface area contributed by atoms with E-state index in [1.807, 2.05) is 38.1 Å². The second-order valence-corrected chi connectivity index (χ2v) is 5.64. The number of hydrogen-bond acceptors (Lipinski definition) is 2. The topological polar surface area (TPSA) is 61.4 Å². The molecule has 0 aliphatic heterocycles. The molecule has 2 aromatic carbocycles. The van der Waals surface area contributed by atoms with Gasteiger partial charge in [-0.2, -0.15) is 0 Å². The number of benzene rings is 2. The largest absolute Gasteiger partial charge is 0.386 e.